The van der Waals surface area contributed by atoms with Crippen LogP contribution in [0, 0.1) is 5.82 Å². The number of ether oxygens (including phenoxy) is 1. The molecule has 0 saturated carbocycles. The second-order valence-corrected chi connectivity index (χ2v) is 8.52. The molecule has 158 valence electrons. The van der Waals surface area contributed by atoms with E-state index < -0.39 is 0 Å². The predicted octanol–water partition coefficient (Wildman–Crippen LogP) is 4.62. The first kappa shape index (κ1) is 20.9. The van der Waals surface area contributed by atoms with E-state index in [0.29, 0.717) is 12.4 Å². The standard InChI is InChI=1S/C23H27FN4OS/c24-20-9-11-21(12-10-20)29-15-16-30-23-26-25-22(18-27-13-5-2-6-14-27)28(23)17-19-7-3-1-4-8-19/h1,3-4,7-12H,2,5-6,13-18H2. The Balaban J connectivity index is 1.40. The van der Waals surface area contributed by atoms with Crippen molar-refractivity contribution in [1.29, 1.82) is 0 Å². The Labute approximate surface area is 181 Å². The number of thioether (sulfide) groups is 1. The van der Waals surface area contributed by atoms with Crippen molar-refractivity contribution in [2.45, 2.75) is 37.5 Å². The summed E-state index contributed by atoms with van der Waals surface area (Å²) in [4.78, 5) is 2.47. The van der Waals surface area contributed by atoms with Crippen LogP contribution in [0.15, 0.2) is 59.8 Å². The molecular formula is C23H27FN4OS. The molecule has 1 aliphatic rings. The van der Waals surface area contributed by atoms with Crippen LogP contribution in [0.5, 0.6) is 5.75 Å². The number of benzene rings is 2. The number of halogens is 1. The van der Waals surface area contributed by atoms with Gasteiger partial charge in [-0.25, -0.2) is 4.39 Å². The molecule has 1 fully saturated rings. The van der Waals surface area contributed by atoms with Gasteiger partial charge in [0, 0.05) is 5.75 Å². The summed E-state index contributed by atoms with van der Waals surface area (Å²) in [7, 11) is 0. The fraction of sp³-hybridized carbons (Fsp3) is 0.391. The summed E-state index contributed by atoms with van der Waals surface area (Å²) in [6, 6.07) is 16.5. The van der Waals surface area contributed by atoms with Gasteiger partial charge in [0.1, 0.15) is 17.4 Å². The summed E-state index contributed by atoms with van der Waals surface area (Å²) < 4.78 is 21.0. The van der Waals surface area contributed by atoms with Crippen LogP contribution < -0.4 is 4.74 Å². The van der Waals surface area contributed by atoms with Crippen LogP contribution >= 0.6 is 11.8 Å². The SMILES string of the molecule is Fc1ccc(OCCSc2nnc(CN3CCCCC3)n2Cc2ccccc2)cc1. The molecule has 3 aromatic rings. The van der Waals surface area contributed by atoms with E-state index in [4.69, 9.17) is 4.74 Å². The molecule has 0 unspecified atom stereocenters. The van der Waals surface area contributed by atoms with E-state index in [1.807, 2.05) is 6.07 Å². The van der Waals surface area contributed by atoms with Crippen LogP contribution in [0.1, 0.15) is 30.7 Å². The fourth-order valence-electron chi connectivity index (χ4n) is 3.61. The first-order valence-corrected chi connectivity index (χ1v) is 11.5. The summed E-state index contributed by atoms with van der Waals surface area (Å²) in [5.74, 6) is 2.18. The molecule has 0 aliphatic carbocycles. The van der Waals surface area contributed by atoms with Gasteiger partial charge in [-0.15, -0.1) is 10.2 Å². The van der Waals surface area contributed by atoms with Gasteiger partial charge in [-0.05, 0) is 55.8 Å². The van der Waals surface area contributed by atoms with E-state index in [0.717, 1.165) is 42.9 Å². The van der Waals surface area contributed by atoms with E-state index in [2.05, 4.69) is 43.9 Å². The van der Waals surface area contributed by atoms with Gasteiger partial charge in [-0.1, -0.05) is 48.5 Å². The van der Waals surface area contributed by atoms with E-state index in [1.165, 1.54) is 37.0 Å². The maximum atomic E-state index is 13.0. The Hall–Kier alpha value is -2.38. The molecule has 0 N–H and O–H groups in total. The zero-order chi connectivity index (χ0) is 20.6. The lowest BCUT2D eigenvalue weighted by Crippen LogP contribution is -2.30. The van der Waals surface area contributed by atoms with Crippen molar-refractivity contribution in [3.63, 3.8) is 0 Å². The first-order valence-electron chi connectivity index (χ1n) is 10.5. The topological polar surface area (TPSA) is 43.2 Å². The fourth-order valence-corrected chi connectivity index (χ4v) is 4.38. The van der Waals surface area contributed by atoms with Crippen molar-refractivity contribution in [1.82, 2.24) is 19.7 Å². The second-order valence-electron chi connectivity index (χ2n) is 7.46. The van der Waals surface area contributed by atoms with Crippen molar-refractivity contribution in [3.05, 3.63) is 71.8 Å². The number of likely N-dealkylation sites (tertiary alicyclic amines) is 1. The van der Waals surface area contributed by atoms with Crippen LogP contribution in [0.25, 0.3) is 0 Å². The summed E-state index contributed by atoms with van der Waals surface area (Å²) in [6.45, 7) is 4.39. The molecule has 2 aromatic carbocycles. The number of hydrogen-bond acceptors (Lipinski definition) is 5. The lowest BCUT2D eigenvalue weighted by Gasteiger charge is -2.26. The van der Waals surface area contributed by atoms with Crippen molar-refractivity contribution < 1.29 is 9.13 Å². The molecule has 1 saturated heterocycles. The van der Waals surface area contributed by atoms with Crippen molar-refractivity contribution >= 4 is 11.8 Å². The highest BCUT2D eigenvalue weighted by atomic mass is 32.2. The Morgan fingerprint density at radius 1 is 0.900 bits per heavy atom. The number of rotatable bonds is 9. The van der Waals surface area contributed by atoms with Crippen LogP contribution in [-0.2, 0) is 13.1 Å². The van der Waals surface area contributed by atoms with E-state index in [1.54, 1.807) is 23.9 Å². The minimum absolute atomic E-state index is 0.257. The van der Waals surface area contributed by atoms with E-state index in [9.17, 15) is 4.39 Å². The van der Waals surface area contributed by atoms with Crippen LogP contribution in [0.2, 0.25) is 0 Å². The van der Waals surface area contributed by atoms with Crippen LogP contribution in [0.3, 0.4) is 0 Å². The molecule has 0 spiro atoms. The van der Waals surface area contributed by atoms with Gasteiger partial charge < -0.3 is 9.30 Å². The number of piperidine rings is 1. The molecule has 7 heteroatoms. The van der Waals surface area contributed by atoms with E-state index >= 15 is 0 Å². The molecule has 0 bridgehead atoms. The maximum absolute atomic E-state index is 13.0. The van der Waals surface area contributed by atoms with Gasteiger partial charge in [-0.3, -0.25) is 4.90 Å². The van der Waals surface area contributed by atoms with Crippen molar-refractivity contribution in [2.24, 2.45) is 0 Å². The molecule has 0 amide bonds. The monoisotopic (exact) mass is 426 g/mol. The minimum Gasteiger partial charge on any atom is -0.493 e. The van der Waals surface area contributed by atoms with Crippen LogP contribution in [0.4, 0.5) is 4.39 Å². The zero-order valence-electron chi connectivity index (χ0n) is 17.0. The quantitative estimate of drug-likeness (QED) is 0.369. The lowest BCUT2D eigenvalue weighted by molar-refractivity contribution is 0.213. The summed E-state index contributed by atoms with van der Waals surface area (Å²) >= 11 is 1.64. The van der Waals surface area contributed by atoms with Gasteiger partial charge in [-0.2, -0.15) is 0 Å². The highest BCUT2D eigenvalue weighted by Gasteiger charge is 2.18. The lowest BCUT2D eigenvalue weighted by atomic mass is 10.1. The molecule has 1 aliphatic heterocycles. The number of nitrogens with zero attached hydrogens (tertiary/aromatic N) is 4. The largest absolute Gasteiger partial charge is 0.493 e. The third kappa shape index (κ3) is 5.83. The second kappa shape index (κ2) is 10.6. The van der Waals surface area contributed by atoms with Gasteiger partial charge in [0.25, 0.3) is 0 Å². The predicted molar refractivity (Wildman–Crippen MR) is 117 cm³/mol. The molecule has 1 aromatic heterocycles. The van der Waals surface area contributed by atoms with Crippen molar-refractivity contribution in [3.8, 4) is 5.75 Å². The molecule has 5 nitrogen and oxygen atoms in total. The highest BCUT2D eigenvalue weighted by Crippen LogP contribution is 2.21. The summed E-state index contributed by atoms with van der Waals surface area (Å²) in [5.41, 5.74) is 1.24. The van der Waals surface area contributed by atoms with Gasteiger partial charge in [0.2, 0.25) is 0 Å². The molecular weight excluding hydrogens is 399 g/mol. The van der Waals surface area contributed by atoms with Crippen LogP contribution in [-0.4, -0.2) is 45.1 Å². The summed E-state index contributed by atoms with van der Waals surface area (Å²) in [5, 5.41) is 9.91. The first-order chi connectivity index (χ1) is 14.8. The Kier molecular flexibility index (Phi) is 7.37. The van der Waals surface area contributed by atoms with E-state index in [-0.39, 0.29) is 5.82 Å². The number of aromatic nitrogens is 3. The average molecular weight is 427 g/mol. The van der Waals surface area contributed by atoms with Gasteiger partial charge in [0.05, 0.1) is 19.7 Å². The third-order valence-electron chi connectivity index (χ3n) is 5.19. The highest BCUT2D eigenvalue weighted by molar-refractivity contribution is 7.99. The van der Waals surface area contributed by atoms with Crippen molar-refractivity contribution in [2.75, 3.05) is 25.4 Å². The Bertz CT molecular complexity index is 911. The molecule has 0 atom stereocenters. The van der Waals surface area contributed by atoms with Gasteiger partial charge >= 0.3 is 0 Å². The molecule has 4 rings (SSSR count). The normalized spacial score (nSPS) is 14.7. The van der Waals surface area contributed by atoms with Gasteiger partial charge in [0.15, 0.2) is 5.16 Å². The smallest absolute Gasteiger partial charge is 0.191 e. The maximum Gasteiger partial charge on any atom is 0.191 e. The molecule has 2 heterocycles. The zero-order valence-corrected chi connectivity index (χ0v) is 17.9. The Morgan fingerprint density at radius 3 is 2.43 bits per heavy atom. The molecule has 30 heavy (non-hydrogen) atoms. The molecule has 0 radical (unpaired) electrons. The summed E-state index contributed by atoms with van der Waals surface area (Å²) in [6.07, 6.45) is 3.84. The number of hydrogen-bond donors (Lipinski definition) is 0. The third-order valence-corrected chi connectivity index (χ3v) is 6.12. The Morgan fingerprint density at radius 2 is 1.67 bits per heavy atom. The minimum atomic E-state index is -0.257. The average Bonchev–Trinajstić information content (AvgIpc) is 3.15.